The summed E-state index contributed by atoms with van der Waals surface area (Å²) in [6.45, 7) is 5.84. The number of amides is 5. The molecule has 19 heteroatoms. The van der Waals surface area contributed by atoms with Crippen molar-refractivity contribution in [1.82, 2.24) is 34.9 Å². The van der Waals surface area contributed by atoms with Gasteiger partial charge in [0.1, 0.15) is 6.04 Å². The maximum Gasteiger partial charge on any atom is 0.435 e. The standard InChI is InChI=1S/C37H36F3N11O5/c38-37(39,40)28-10-12-50(46-28)29-18-42-31(32(41)53)33(44-29)43-22-1-3-23(4-2-22)48-15-13-47(14-16-48)19-21-9-11-49(20-21)24-5-6-25-26(17-24)36(56)51(35(25)55)27-7-8-30(52)45-34(27)54/h1-6,10,12,17-18,21,27H,7-9,11,13-16,19-20H2,(H2,41,53)(H,43,44)(H,45,52,54)/t21-,27?/m1/s1. The molecule has 2 atom stereocenters. The number of nitrogens with two attached hydrogens (primary N) is 1. The van der Waals surface area contributed by atoms with Gasteiger partial charge in [0.05, 0.1) is 17.3 Å². The van der Waals surface area contributed by atoms with Crippen LogP contribution in [0.5, 0.6) is 0 Å². The second kappa shape index (κ2) is 14.4. The van der Waals surface area contributed by atoms with Gasteiger partial charge in [-0.3, -0.25) is 39.1 Å². The number of carbonyl (C=O) groups is 5. The highest BCUT2D eigenvalue weighted by molar-refractivity contribution is 6.23. The van der Waals surface area contributed by atoms with Crippen LogP contribution in [0.4, 0.5) is 36.1 Å². The third-order valence-corrected chi connectivity index (χ3v) is 10.6. The number of piperidine rings is 1. The number of benzene rings is 2. The van der Waals surface area contributed by atoms with Gasteiger partial charge < -0.3 is 20.9 Å². The molecule has 8 rings (SSSR count). The van der Waals surface area contributed by atoms with Gasteiger partial charge in [-0.25, -0.2) is 14.6 Å². The molecule has 0 spiro atoms. The van der Waals surface area contributed by atoms with Crippen LogP contribution < -0.4 is 26.2 Å². The Labute approximate surface area is 317 Å². The third-order valence-electron chi connectivity index (χ3n) is 10.6. The van der Waals surface area contributed by atoms with Crippen LogP contribution in [0.25, 0.3) is 5.82 Å². The number of alkyl halides is 3. The first kappa shape index (κ1) is 36.6. The Morgan fingerprint density at radius 1 is 0.893 bits per heavy atom. The first-order valence-electron chi connectivity index (χ1n) is 18.1. The number of imide groups is 2. The number of halogens is 3. The molecule has 6 heterocycles. The highest BCUT2D eigenvalue weighted by Crippen LogP contribution is 2.33. The van der Waals surface area contributed by atoms with Crippen LogP contribution in [-0.4, -0.2) is 111 Å². The van der Waals surface area contributed by atoms with E-state index in [0.29, 0.717) is 11.6 Å². The van der Waals surface area contributed by atoms with E-state index in [1.165, 1.54) is 0 Å². The van der Waals surface area contributed by atoms with Gasteiger partial charge in [-0.1, -0.05) is 0 Å². The van der Waals surface area contributed by atoms with Crippen molar-refractivity contribution in [2.45, 2.75) is 31.5 Å². The van der Waals surface area contributed by atoms with Crippen molar-refractivity contribution in [2.24, 2.45) is 11.7 Å². The van der Waals surface area contributed by atoms with Crippen LogP contribution in [-0.2, 0) is 15.8 Å². The van der Waals surface area contributed by atoms with E-state index in [9.17, 15) is 37.1 Å². The average molecular weight is 772 g/mol. The number of rotatable bonds is 9. The fourth-order valence-corrected chi connectivity index (χ4v) is 7.68. The molecule has 0 radical (unpaired) electrons. The fourth-order valence-electron chi connectivity index (χ4n) is 7.68. The molecule has 56 heavy (non-hydrogen) atoms. The Morgan fingerprint density at radius 3 is 2.32 bits per heavy atom. The molecule has 0 saturated carbocycles. The van der Waals surface area contributed by atoms with Gasteiger partial charge in [0.2, 0.25) is 11.8 Å². The van der Waals surface area contributed by atoms with Crippen molar-refractivity contribution in [3.05, 3.63) is 83.4 Å². The highest BCUT2D eigenvalue weighted by Gasteiger charge is 2.45. The molecule has 1 unspecified atom stereocenters. The van der Waals surface area contributed by atoms with Crippen molar-refractivity contribution in [1.29, 1.82) is 0 Å². The van der Waals surface area contributed by atoms with E-state index < -0.39 is 47.4 Å². The Kier molecular flexibility index (Phi) is 9.39. The summed E-state index contributed by atoms with van der Waals surface area (Å²) in [7, 11) is 0. The third kappa shape index (κ3) is 7.12. The molecule has 2 aromatic heterocycles. The van der Waals surface area contributed by atoms with Gasteiger partial charge in [0.15, 0.2) is 23.0 Å². The van der Waals surface area contributed by atoms with E-state index in [1.807, 2.05) is 18.2 Å². The maximum atomic E-state index is 13.3. The van der Waals surface area contributed by atoms with Crippen LogP contribution in [0, 0.1) is 5.92 Å². The maximum absolute atomic E-state index is 13.3. The molecule has 4 aliphatic rings. The minimum atomic E-state index is -4.63. The number of nitrogens with one attached hydrogen (secondary N) is 2. The minimum Gasteiger partial charge on any atom is -0.371 e. The van der Waals surface area contributed by atoms with Crippen molar-refractivity contribution >= 4 is 52.4 Å². The fraction of sp³-hybridized carbons (Fsp3) is 0.351. The molecule has 290 valence electrons. The Hall–Kier alpha value is -6.37. The van der Waals surface area contributed by atoms with Gasteiger partial charge in [0, 0.05) is 75.5 Å². The number of aromatic nitrogens is 4. The molecule has 0 aliphatic carbocycles. The summed E-state index contributed by atoms with van der Waals surface area (Å²) in [5, 5.41) is 8.74. The number of hydrogen-bond acceptors (Lipinski definition) is 12. The van der Waals surface area contributed by atoms with Gasteiger partial charge >= 0.3 is 6.18 Å². The van der Waals surface area contributed by atoms with E-state index in [2.05, 4.69) is 40.4 Å². The summed E-state index contributed by atoms with van der Waals surface area (Å²) < 4.78 is 40.1. The van der Waals surface area contributed by atoms with Crippen LogP contribution in [0.3, 0.4) is 0 Å². The zero-order chi connectivity index (χ0) is 39.3. The molecule has 4 aromatic rings. The quantitative estimate of drug-likeness (QED) is 0.211. The van der Waals surface area contributed by atoms with Crippen molar-refractivity contribution < 1.29 is 37.1 Å². The number of piperazine rings is 1. The molecule has 0 bridgehead atoms. The van der Waals surface area contributed by atoms with Crippen molar-refractivity contribution in [3.63, 3.8) is 0 Å². The zero-order valence-electron chi connectivity index (χ0n) is 29.8. The normalized spacial score (nSPS) is 20.4. The molecule has 5 amide bonds. The van der Waals surface area contributed by atoms with Crippen molar-refractivity contribution in [3.8, 4) is 5.82 Å². The second-order valence-corrected chi connectivity index (χ2v) is 14.2. The molecule has 3 saturated heterocycles. The molecule has 16 nitrogen and oxygen atoms in total. The molecular formula is C37H36F3N11O5. The van der Waals surface area contributed by atoms with Crippen molar-refractivity contribution in [2.75, 3.05) is 60.9 Å². The number of anilines is 4. The number of primary amides is 1. The number of fused-ring (bicyclic) bond motifs is 1. The second-order valence-electron chi connectivity index (χ2n) is 14.2. The summed E-state index contributed by atoms with van der Waals surface area (Å²) in [5.74, 6) is -2.60. The lowest BCUT2D eigenvalue weighted by Gasteiger charge is -2.37. The van der Waals surface area contributed by atoms with Crippen LogP contribution in [0.15, 0.2) is 60.9 Å². The molecule has 2 aromatic carbocycles. The number of nitrogens with zero attached hydrogens (tertiary/aromatic N) is 8. The number of carbonyl (C=O) groups excluding carboxylic acids is 5. The van der Waals surface area contributed by atoms with E-state index >= 15 is 0 Å². The molecule has 3 fully saturated rings. The predicted molar refractivity (Wildman–Crippen MR) is 194 cm³/mol. The summed E-state index contributed by atoms with van der Waals surface area (Å²) in [6, 6.07) is 12.5. The zero-order valence-corrected chi connectivity index (χ0v) is 29.8. The van der Waals surface area contributed by atoms with Gasteiger partial charge in [-0.15, -0.1) is 0 Å². The van der Waals surface area contributed by atoms with Gasteiger partial charge in [0.25, 0.3) is 17.7 Å². The molecule has 4 aliphatic heterocycles. The van der Waals surface area contributed by atoms with Crippen LogP contribution >= 0.6 is 0 Å². The van der Waals surface area contributed by atoms with Gasteiger partial charge in [-0.2, -0.15) is 18.3 Å². The summed E-state index contributed by atoms with van der Waals surface area (Å²) >= 11 is 0. The highest BCUT2D eigenvalue weighted by atomic mass is 19.4. The summed E-state index contributed by atoms with van der Waals surface area (Å²) in [4.78, 5) is 78.7. The predicted octanol–water partition coefficient (Wildman–Crippen LogP) is 2.57. The Bertz CT molecular complexity index is 2240. The number of hydrogen-bond donors (Lipinski definition) is 3. The van der Waals surface area contributed by atoms with E-state index in [0.717, 1.165) is 91.7 Å². The first-order valence-corrected chi connectivity index (χ1v) is 18.1. The summed E-state index contributed by atoms with van der Waals surface area (Å²) in [5.41, 5.74) is 7.16. The van der Waals surface area contributed by atoms with E-state index in [1.54, 1.807) is 24.3 Å². The molecular weight excluding hydrogens is 735 g/mol. The Balaban J connectivity index is 0.844. The van der Waals surface area contributed by atoms with Gasteiger partial charge in [-0.05, 0) is 67.3 Å². The van der Waals surface area contributed by atoms with E-state index in [4.69, 9.17) is 5.73 Å². The lowest BCUT2D eigenvalue weighted by atomic mass is 10.0. The van der Waals surface area contributed by atoms with Crippen LogP contribution in [0.1, 0.15) is 56.2 Å². The van der Waals surface area contributed by atoms with Crippen LogP contribution in [0.2, 0.25) is 0 Å². The lowest BCUT2D eigenvalue weighted by Crippen LogP contribution is -2.54. The first-order chi connectivity index (χ1) is 26.8. The SMILES string of the molecule is NC(=O)c1ncc(-n2ccc(C(F)(F)F)n2)nc1Nc1ccc(N2CCN(C[C@H]3CCN(c4ccc5c(c4)C(=O)N(C4CCC(=O)NC4=O)C5=O)C3)CC2)cc1. The average Bonchev–Trinajstić information content (AvgIpc) is 3.92. The van der Waals surface area contributed by atoms with E-state index in [-0.39, 0.29) is 41.3 Å². The minimum absolute atomic E-state index is 0.0258. The Morgan fingerprint density at radius 2 is 1.62 bits per heavy atom. The summed E-state index contributed by atoms with van der Waals surface area (Å²) in [6.07, 6.45) is -1.26. The monoisotopic (exact) mass is 771 g/mol. The molecule has 4 N–H and O–H groups in total. The largest absolute Gasteiger partial charge is 0.435 e. The topological polar surface area (TPSA) is 192 Å². The smallest absolute Gasteiger partial charge is 0.371 e. The lowest BCUT2D eigenvalue weighted by molar-refractivity contribution is -0.141.